The first kappa shape index (κ1) is 18.2. The van der Waals surface area contributed by atoms with Crippen molar-refractivity contribution in [1.82, 2.24) is 4.98 Å². The molecule has 0 fully saturated rings. The van der Waals surface area contributed by atoms with Crippen LogP contribution in [0.5, 0.6) is 0 Å². The molecule has 0 bridgehead atoms. The molecule has 1 aromatic carbocycles. The molecule has 0 spiro atoms. The number of anilines is 1. The lowest BCUT2D eigenvalue weighted by atomic mass is 10.3. The summed E-state index contributed by atoms with van der Waals surface area (Å²) in [5.74, 6) is -0.735. The minimum absolute atomic E-state index is 0.0755. The molecule has 130 valence electrons. The largest absolute Gasteiger partial charge is 0.510 e. The van der Waals surface area contributed by atoms with Crippen molar-refractivity contribution in [2.24, 2.45) is 15.4 Å². The first-order chi connectivity index (χ1) is 11.8. The molecule has 0 aliphatic rings. The summed E-state index contributed by atoms with van der Waals surface area (Å²) >= 11 is 0. The maximum Gasteiger partial charge on any atom is 0.280 e. The Morgan fingerprint density at radius 2 is 1.88 bits per heavy atom. The van der Waals surface area contributed by atoms with E-state index in [-0.39, 0.29) is 22.0 Å². The van der Waals surface area contributed by atoms with Crippen molar-refractivity contribution in [1.29, 1.82) is 0 Å². The average molecular weight is 361 g/mol. The quantitative estimate of drug-likeness (QED) is 0.424. The van der Waals surface area contributed by atoms with E-state index < -0.39 is 15.9 Å². The molecule has 0 radical (unpaired) electrons. The van der Waals surface area contributed by atoms with Crippen LogP contribution in [0, 0.1) is 0 Å². The van der Waals surface area contributed by atoms with Crippen molar-refractivity contribution < 1.29 is 18.3 Å². The summed E-state index contributed by atoms with van der Waals surface area (Å²) in [5.41, 5.74) is -0.0297. The van der Waals surface area contributed by atoms with E-state index in [0.717, 1.165) is 0 Å². The van der Waals surface area contributed by atoms with Gasteiger partial charge in [-0.2, -0.15) is 5.11 Å². The molecular formula is C15H15N5O4S. The highest BCUT2D eigenvalue weighted by atomic mass is 32.2. The van der Waals surface area contributed by atoms with E-state index in [1.807, 2.05) is 0 Å². The maximum absolute atomic E-state index is 12.1. The number of azo groups is 1. The fraction of sp³-hybridized carbons (Fsp3) is 0.0667. The molecule has 25 heavy (non-hydrogen) atoms. The molecule has 1 amide bonds. The Kier molecular flexibility index (Phi) is 5.57. The molecule has 10 heteroatoms. The summed E-state index contributed by atoms with van der Waals surface area (Å²) < 4.78 is 22.4. The van der Waals surface area contributed by atoms with Crippen LogP contribution in [0.25, 0.3) is 0 Å². The van der Waals surface area contributed by atoms with Crippen LogP contribution in [0.3, 0.4) is 0 Å². The Hall–Kier alpha value is -3.11. The first-order valence-corrected chi connectivity index (χ1v) is 8.49. The maximum atomic E-state index is 12.1. The highest BCUT2D eigenvalue weighted by Crippen LogP contribution is 2.18. The molecule has 4 N–H and O–H groups in total. The van der Waals surface area contributed by atoms with Gasteiger partial charge in [0.25, 0.3) is 5.91 Å². The predicted octanol–water partition coefficient (Wildman–Crippen LogP) is 2.24. The summed E-state index contributed by atoms with van der Waals surface area (Å²) in [5, 5.41) is 24.6. The van der Waals surface area contributed by atoms with E-state index in [1.54, 1.807) is 18.2 Å². The van der Waals surface area contributed by atoms with Crippen LogP contribution in [0.1, 0.15) is 6.92 Å². The number of carbonyl (C=O) groups is 1. The average Bonchev–Trinajstić information content (AvgIpc) is 2.55. The predicted molar refractivity (Wildman–Crippen MR) is 90.5 cm³/mol. The van der Waals surface area contributed by atoms with Gasteiger partial charge in [-0.3, -0.25) is 4.79 Å². The molecule has 0 aliphatic carbocycles. The molecule has 0 saturated heterocycles. The molecular weight excluding hydrogens is 346 g/mol. The number of aliphatic hydroxyl groups is 1. The SMILES string of the molecule is C/C(O)=C(/N=Nc1ccc(S(N)(=O)=O)cc1)C(=O)Nc1ccccn1. The van der Waals surface area contributed by atoms with E-state index in [4.69, 9.17) is 5.14 Å². The summed E-state index contributed by atoms with van der Waals surface area (Å²) in [6, 6.07) is 10.2. The lowest BCUT2D eigenvalue weighted by molar-refractivity contribution is -0.113. The Morgan fingerprint density at radius 3 is 2.40 bits per heavy atom. The van der Waals surface area contributed by atoms with E-state index in [2.05, 4.69) is 20.5 Å². The van der Waals surface area contributed by atoms with E-state index >= 15 is 0 Å². The van der Waals surface area contributed by atoms with Crippen molar-refractivity contribution in [3.05, 3.63) is 60.1 Å². The highest BCUT2D eigenvalue weighted by molar-refractivity contribution is 7.89. The third-order valence-corrected chi connectivity index (χ3v) is 3.82. The third kappa shape index (κ3) is 5.19. The fourth-order valence-electron chi connectivity index (χ4n) is 1.70. The number of hydrogen-bond acceptors (Lipinski definition) is 7. The standard InChI is InChI=1S/C15H15N5O4S/c1-10(21)14(15(22)18-13-4-2-3-9-17-13)20-19-11-5-7-12(8-6-11)25(16,23)24/h2-9,21H,1H3,(H2,16,23,24)(H,17,18,22)/b14-10-,20-19?. The molecule has 1 aromatic heterocycles. The monoisotopic (exact) mass is 361 g/mol. The Morgan fingerprint density at radius 1 is 1.20 bits per heavy atom. The minimum atomic E-state index is -3.80. The number of aliphatic hydroxyl groups excluding tert-OH is 1. The molecule has 0 saturated carbocycles. The second-order valence-electron chi connectivity index (χ2n) is 4.84. The lowest BCUT2D eigenvalue weighted by Gasteiger charge is -2.04. The second kappa shape index (κ2) is 7.64. The zero-order chi connectivity index (χ0) is 18.4. The summed E-state index contributed by atoms with van der Waals surface area (Å²) in [6.45, 7) is 1.29. The van der Waals surface area contributed by atoms with Crippen LogP contribution in [-0.2, 0) is 14.8 Å². The van der Waals surface area contributed by atoms with Crippen molar-refractivity contribution in [3.63, 3.8) is 0 Å². The number of rotatable bonds is 5. The van der Waals surface area contributed by atoms with E-state index in [0.29, 0.717) is 5.82 Å². The first-order valence-electron chi connectivity index (χ1n) is 6.94. The Bertz CT molecular complexity index is 918. The lowest BCUT2D eigenvalue weighted by Crippen LogP contribution is -2.15. The van der Waals surface area contributed by atoms with Gasteiger partial charge in [-0.05, 0) is 43.3 Å². The fourth-order valence-corrected chi connectivity index (χ4v) is 2.22. The highest BCUT2D eigenvalue weighted by Gasteiger charge is 2.14. The number of allylic oxidation sites excluding steroid dienone is 1. The molecule has 9 nitrogen and oxygen atoms in total. The van der Waals surface area contributed by atoms with Crippen LogP contribution in [0.2, 0.25) is 0 Å². The number of amides is 1. The van der Waals surface area contributed by atoms with Crippen LogP contribution in [-0.4, -0.2) is 24.4 Å². The van der Waals surface area contributed by atoms with Crippen molar-refractivity contribution in [2.75, 3.05) is 5.32 Å². The summed E-state index contributed by atoms with van der Waals surface area (Å²) in [4.78, 5) is 16.0. The smallest absolute Gasteiger partial charge is 0.280 e. The van der Waals surface area contributed by atoms with Gasteiger partial charge < -0.3 is 10.4 Å². The molecule has 0 atom stereocenters. The number of nitrogens with zero attached hydrogens (tertiary/aromatic N) is 3. The third-order valence-electron chi connectivity index (χ3n) is 2.89. The van der Waals surface area contributed by atoms with Crippen LogP contribution >= 0.6 is 0 Å². The van der Waals surface area contributed by atoms with Gasteiger partial charge in [0.2, 0.25) is 10.0 Å². The van der Waals surface area contributed by atoms with Crippen LogP contribution in [0.15, 0.2) is 75.2 Å². The molecule has 0 aliphatic heterocycles. The normalized spacial score (nSPS) is 12.7. The van der Waals surface area contributed by atoms with Gasteiger partial charge in [0.15, 0.2) is 5.70 Å². The zero-order valence-electron chi connectivity index (χ0n) is 13.1. The summed E-state index contributed by atoms with van der Waals surface area (Å²) in [7, 11) is -3.80. The van der Waals surface area contributed by atoms with Crippen LogP contribution < -0.4 is 10.5 Å². The number of carbonyl (C=O) groups excluding carboxylic acids is 1. The molecule has 2 rings (SSSR count). The van der Waals surface area contributed by atoms with Crippen LogP contribution in [0.4, 0.5) is 11.5 Å². The van der Waals surface area contributed by atoms with Gasteiger partial charge in [-0.25, -0.2) is 18.5 Å². The van der Waals surface area contributed by atoms with Crippen molar-refractivity contribution in [2.45, 2.75) is 11.8 Å². The van der Waals surface area contributed by atoms with E-state index in [1.165, 1.54) is 37.4 Å². The van der Waals surface area contributed by atoms with E-state index in [9.17, 15) is 18.3 Å². The van der Waals surface area contributed by atoms with Gasteiger partial charge in [-0.1, -0.05) is 6.07 Å². The van der Waals surface area contributed by atoms with Gasteiger partial charge >= 0.3 is 0 Å². The number of nitrogens with one attached hydrogen (secondary N) is 1. The number of primary sulfonamides is 1. The van der Waals surface area contributed by atoms with Gasteiger partial charge in [-0.15, -0.1) is 5.11 Å². The number of aromatic nitrogens is 1. The van der Waals surface area contributed by atoms with Gasteiger partial charge in [0, 0.05) is 6.20 Å². The van der Waals surface area contributed by atoms with Gasteiger partial charge in [0.05, 0.1) is 10.6 Å². The molecule has 2 aromatic rings. The Balaban J connectivity index is 2.18. The second-order valence-corrected chi connectivity index (χ2v) is 6.40. The van der Waals surface area contributed by atoms with Crippen molar-refractivity contribution in [3.8, 4) is 0 Å². The minimum Gasteiger partial charge on any atom is -0.510 e. The molecule has 1 heterocycles. The summed E-state index contributed by atoms with van der Waals surface area (Å²) in [6.07, 6.45) is 1.50. The number of hydrogen-bond donors (Lipinski definition) is 3. The van der Waals surface area contributed by atoms with Crippen molar-refractivity contribution >= 4 is 27.4 Å². The number of nitrogens with two attached hydrogens (primary N) is 1. The topological polar surface area (TPSA) is 147 Å². The number of pyridine rings is 1. The Labute approximate surface area is 144 Å². The molecule has 0 unspecified atom stereocenters. The number of sulfonamides is 1. The number of benzene rings is 1. The van der Waals surface area contributed by atoms with Gasteiger partial charge in [0.1, 0.15) is 11.6 Å². The zero-order valence-corrected chi connectivity index (χ0v) is 13.9.